The first-order chi connectivity index (χ1) is 9.33. The molecule has 2 rings (SSSR count). The molecule has 0 radical (unpaired) electrons. The normalized spacial score (nSPS) is 15.1. The van der Waals surface area contributed by atoms with Crippen LogP contribution in [0.1, 0.15) is 44.2 Å². The van der Waals surface area contributed by atoms with E-state index in [1.54, 1.807) is 0 Å². The summed E-state index contributed by atoms with van der Waals surface area (Å²) in [7, 11) is 0. The second-order valence-electron chi connectivity index (χ2n) is 5.62. The second kappa shape index (κ2) is 7.66. The van der Waals surface area contributed by atoms with Crippen molar-refractivity contribution < 1.29 is 0 Å². The summed E-state index contributed by atoms with van der Waals surface area (Å²) >= 11 is 0. The van der Waals surface area contributed by atoms with E-state index >= 15 is 0 Å². The second-order valence-corrected chi connectivity index (χ2v) is 5.62. The van der Waals surface area contributed by atoms with Crippen molar-refractivity contribution in [2.24, 2.45) is 0 Å². The van der Waals surface area contributed by atoms with E-state index in [1.165, 1.54) is 36.9 Å². The molecule has 0 atom stereocenters. The first kappa shape index (κ1) is 14.5. The van der Waals surface area contributed by atoms with Crippen LogP contribution in [0.15, 0.2) is 24.3 Å². The Kier molecular flexibility index (Phi) is 5.87. The summed E-state index contributed by atoms with van der Waals surface area (Å²) in [6.07, 6.45) is 5.20. The third-order valence-electron chi connectivity index (χ3n) is 3.82. The van der Waals surface area contributed by atoms with Gasteiger partial charge in [-0.25, -0.2) is 0 Å². The van der Waals surface area contributed by atoms with Gasteiger partial charge in [0.25, 0.3) is 0 Å². The molecule has 1 N–H and O–H groups in total. The summed E-state index contributed by atoms with van der Waals surface area (Å²) in [5.74, 6) is 0. The van der Waals surface area contributed by atoms with Crippen LogP contribution >= 0.6 is 0 Å². The van der Waals surface area contributed by atoms with Gasteiger partial charge in [0.15, 0.2) is 0 Å². The van der Waals surface area contributed by atoms with Gasteiger partial charge in [0.1, 0.15) is 0 Å². The predicted molar refractivity (Wildman–Crippen MR) is 82.4 cm³/mol. The van der Waals surface area contributed by atoms with Gasteiger partial charge in [-0.3, -0.25) is 4.90 Å². The molecule has 0 aliphatic heterocycles. The van der Waals surface area contributed by atoms with Crippen LogP contribution in [-0.4, -0.2) is 30.6 Å². The van der Waals surface area contributed by atoms with Crippen LogP contribution in [0.25, 0.3) is 0 Å². The van der Waals surface area contributed by atoms with Gasteiger partial charge in [-0.15, -0.1) is 0 Å². The van der Waals surface area contributed by atoms with Crippen molar-refractivity contribution in [2.75, 3.05) is 19.6 Å². The zero-order valence-electron chi connectivity index (χ0n) is 12.5. The van der Waals surface area contributed by atoms with Crippen molar-refractivity contribution >= 4 is 0 Å². The van der Waals surface area contributed by atoms with Gasteiger partial charge in [-0.2, -0.15) is 0 Å². The average Bonchev–Trinajstić information content (AvgIpc) is 3.25. The standard InChI is InChI=1S/C17H28N2/c1-3-13-19(17-9-10-17)14-16-7-5-15(6-8-16)11-12-18-4-2/h5-8,17-18H,3-4,9-14H2,1-2H3. The van der Waals surface area contributed by atoms with Gasteiger partial charge in [-0.1, -0.05) is 38.1 Å². The van der Waals surface area contributed by atoms with Crippen molar-refractivity contribution in [1.29, 1.82) is 0 Å². The van der Waals surface area contributed by atoms with Crippen molar-refractivity contribution in [1.82, 2.24) is 10.2 Å². The molecule has 0 heterocycles. The molecule has 2 heteroatoms. The summed E-state index contributed by atoms with van der Waals surface area (Å²) < 4.78 is 0. The lowest BCUT2D eigenvalue weighted by atomic mass is 10.1. The molecule has 0 bridgehead atoms. The van der Waals surface area contributed by atoms with E-state index in [0.717, 1.165) is 32.1 Å². The van der Waals surface area contributed by atoms with Gasteiger partial charge in [0, 0.05) is 12.6 Å². The van der Waals surface area contributed by atoms with Crippen LogP contribution in [0.5, 0.6) is 0 Å². The minimum absolute atomic E-state index is 0.869. The number of benzene rings is 1. The quantitative estimate of drug-likeness (QED) is 0.686. The molecule has 1 fully saturated rings. The minimum Gasteiger partial charge on any atom is -0.317 e. The Labute approximate surface area is 118 Å². The Morgan fingerprint density at radius 2 is 1.79 bits per heavy atom. The van der Waals surface area contributed by atoms with Crippen LogP contribution in [0, 0.1) is 0 Å². The SMILES string of the molecule is CCCN(Cc1ccc(CCNCC)cc1)C1CC1. The first-order valence-corrected chi connectivity index (χ1v) is 7.86. The molecule has 1 aromatic carbocycles. The van der Waals surface area contributed by atoms with Crippen LogP contribution in [0.2, 0.25) is 0 Å². The van der Waals surface area contributed by atoms with Crippen molar-refractivity contribution in [3.05, 3.63) is 35.4 Å². The Balaban J connectivity index is 1.83. The van der Waals surface area contributed by atoms with Gasteiger partial charge >= 0.3 is 0 Å². The fraction of sp³-hybridized carbons (Fsp3) is 0.647. The van der Waals surface area contributed by atoms with E-state index in [4.69, 9.17) is 0 Å². The van der Waals surface area contributed by atoms with Crippen molar-refractivity contribution in [3.8, 4) is 0 Å². The highest BCUT2D eigenvalue weighted by molar-refractivity contribution is 5.23. The zero-order chi connectivity index (χ0) is 13.5. The lowest BCUT2D eigenvalue weighted by molar-refractivity contribution is 0.255. The maximum atomic E-state index is 3.38. The van der Waals surface area contributed by atoms with Crippen LogP contribution in [0.4, 0.5) is 0 Å². The molecule has 0 amide bonds. The van der Waals surface area contributed by atoms with Crippen LogP contribution in [-0.2, 0) is 13.0 Å². The molecule has 0 unspecified atom stereocenters. The van der Waals surface area contributed by atoms with E-state index < -0.39 is 0 Å². The molecule has 2 nitrogen and oxygen atoms in total. The fourth-order valence-corrected chi connectivity index (χ4v) is 2.57. The largest absolute Gasteiger partial charge is 0.317 e. The maximum Gasteiger partial charge on any atom is 0.0236 e. The predicted octanol–water partition coefficient (Wildman–Crippen LogP) is 3.21. The molecular formula is C17H28N2. The molecule has 1 aliphatic carbocycles. The molecule has 0 saturated heterocycles. The van der Waals surface area contributed by atoms with Gasteiger partial charge in [0.2, 0.25) is 0 Å². The van der Waals surface area contributed by atoms with Crippen molar-refractivity contribution in [3.63, 3.8) is 0 Å². The highest BCUT2D eigenvalue weighted by Crippen LogP contribution is 2.28. The highest BCUT2D eigenvalue weighted by atomic mass is 15.2. The zero-order valence-corrected chi connectivity index (χ0v) is 12.5. The minimum atomic E-state index is 0.869. The maximum absolute atomic E-state index is 3.38. The molecule has 0 spiro atoms. The summed E-state index contributed by atoms with van der Waals surface area (Å²) in [5.41, 5.74) is 2.91. The fourth-order valence-electron chi connectivity index (χ4n) is 2.57. The third kappa shape index (κ3) is 4.96. The Morgan fingerprint density at radius 1 is 1.11 bits per heavy atom. The number of hydrogen-bond acceptors (Lipinski definition) is 2. The molecule has 1 aromatic rings. The molecule has 0 aromatic heterocycles. The number of hydrogen-bond donors (Lipinski definition) is 1. The molecule has 106 valence electrons. The molecular weight excluding hydrogens is 232 g/mol. The Hall–Kier alpha value is -0.860. The van der Waals surface area contributed by atoms with E-state index in [0.29, 0.717) is 0 Å². The summed E-state index contributed by atoms with van der Waals surface area (Å²) in [6.45, 7) is 8.95. The average molecular weight is 260 g/mol. The van der Waals surface area contributed by atoms with Crippen molar-refractivity contribution in [2.45, 2.75) is 52.1 Å². The molecule has 1 aliphatic rings. The summed E-state index contributed by atoms with van der Waals surface area (Å²) in [6, 6.07) is 10.1. The van der Waals surface area contributed by atoms with Crippen LogP contribution in [0.3, 0.4) is 0 Å². The number of nitrogens with one attached hydrogen (secondary N) is 1. The van der Waals surface area contributed by atoms with Gasteiger partial charge in [-0.05, 0) is 56.4 Å². The van der Waals surface area contributed by atoms with Crippen LogP contribution < -0.4 is 5.32 Å². The lowest BCUT2D eigenvalue weighted by Crippen LogP contribution is -2.26. The van der Waals surface area contributed by atoms with Gasteiger partial charge < -0.3 is 5.32 Å². The van der Waals surface area contributed by atoms with Gasteiger partial charge in [0.05, 0.1) is 0 Å². The number of likely N-dealkylation sites (N-methyl/N-ethyl adjacent to an activating group) is 1. The molecule has 19 heavy (non-hydrogen) atoms. The lowest BCUT2D eigenvalue weighted by Gasteiger charge is -2.21. The van der Waals surface area contributed by atoms with E-state index in [-0.39, 0.29) is 0 Å². The Morgan fingerprint density at radius 3 is 2.37 bits per heavy atom. The summed E-state index contributed by atoms with van der Waals surface area (Å²) in [4.78, 5) is 2.65. The third-order valence-corrected chi connectivity index (χ3v) is 3.82. The Bertz CT molecular complexity index is 354. The number of nitrogens with zero attached hydrogens (tertiary/aromatic N) is 1. The first-order valence-electron chi connectivity index (χ1n) is 7.86. The monoisotopic (exact) mass is 260 g/mol. The molecule has 1 saturated carbocycles. The summed E-state index contributed by atoms with van der Waals surface area (Å²) in [5, 5.41) is 3.38. The van der Waals surface area contributed by atoms with E-state index in [2.05, 4.69) is 48.3 Å². The van der Waals surface area contributed by atoms with E-state index in [1.807, 2.05) is 0 Å². The topological polar surface area (TPSA) is 15.3 Å². The highest BCUT2D eigenvalue weighted by Gasteiger charge is 2.27. The van der Waals surface area contributed by atoms with E-state index in [9.17, 15) is 0 Å². The smallest absolute Gasteiger partial charge is 0.0236 e. The number of rotatable bonds is 9.